The largest absolute Gasteiger partial charge is 0.370 e. The molecule has 4 heteroatoms. The SMILES string of the molecule is CCCc1cc2c(Br)c(F)cc(C)c2nc1NCC. The maximum absolute atomic E-state index is 13.8. The molecule has 19 heavy (non-hydrogen) atoms. The fraction of sp³-hybridized carbons (Fsp3) is 0.400. The number of aryl methyl sites for hydroxylation is 2. The first-order valence-corrected chi connectivity index (χ1v) is 7.39. The zero-order valence-electron chi connectivity index (χ0n) is 11.5. The molecule has 0 bridgehead atoms. The lowest BCUT2D eigenvalue weighted by molar-refractivity contribution is 0.622. The van der Waals surface area contributed by atoms with Crippen LogP contribution >= 0.6 is 15.9 Å². The Kier molecular flexibility index (Phi) is 4.40. The summed E-state index contributed by atoms with van der Waals surface area (Å²) in [6, 6.07) is 3.57. The topological polar surface area (TPSA) is 24.9 Å². The lowest BCUT2D eigenvalue weighted by Gasteiger charge is -2.13. The third-order valence-electron chi connectivity index (χ3n) is 3.13. The number of fused-ring (bicyclic) bond motifs is 1. The lowest BCUT2D eigenvalue weighted by Crippen LogP contribution is -2.05. The van der Waals surface area contributed by atoms with Gasteiger partial charge in [-0.05, 0) is 59.5 Å². The molecular formula is C15H18BrFN2. The Bertz CT molecular complexity index is 611. The first kappa shape index (κ1) is 14.3. The Morgan fingerprint density at radius 2 is 2.05 bits per heavy atom. The van der Waals surface area contributed by atoms with Gasteiger partial charge in [-0.15, -0.1) is 0 Å². The van der Waals surface area contributed by atoms with Crippen LogP contribution < -0.4 is 5.32 Å². The van der Waals surface area contributed by atoms with E-state index in [0.717, 1.165) is 47.2 Å². The molecule has 102 valence electrons. The third kappa shape index (κ3) is 2.73. The summed E-state index contributed by atoms with van der Waals surface area (Å²) in [4.78, 5) is 4.68. The van der Waals surface area contributed by atoms with E-state index in [2.05, 4.69) is 40.1 Å². The predicted octanol–water partition coefficient (Wildman–Crippen LogP) is 4.83. The maximum Gasteiger partial charge on any atom is 0.138 e. The zero-order valence-corrected chi connectivity index (χ0v) is 13.1. The molecule has 1 aromatic heterocycles. The van der Waals surface area contributed by atoms with E-state index in [1.807, 2.05) is 13.0 Å². The predicted molar refractivity (Wildman–Crippen MR) is 82.3 cm³/mol. The standard InChI is InChI=1S/C15H18BrFN2/c1-4-6-10-8-11-13(16)12(17)7-9(3)14(11)19-15(10)18-5-2/h7-8H,4-6H2,1-3H3,(H,18,19). The molecule has 0 fully saturated rings. The molecule has 0 spiro atoms. The van der Waals surface area contributed by atoms with E-state index in [0.29, 0.717) is 4.47 Å². The number of hydrogen-bond donors (Lipinski definition) is 1. The number of aromatic nitrogens is 1. The summed E-state index contributed by atoms with van der Waals surface area (Å²) in [6.45, 7) is 6.90. The maximum atomic E-state index is 13.8. The van der Waals surface area contributed by atoms with Crippen LogP contribution in [0.5, 0.6) is 0 Å². The molecule has 1 aromatic carbocycles. The molecule has 0 aliphatic carbocycles. The fourth-order valence-corrected chi connectivity index (χ4v) is 2.67. The summed E-state index contributed by atoms with van der Waals surface area (Å²) in [5.74, 6) is 0.684. The van der Waals surface area contributed by atoms with E-state index in [-0.39, 0.29) is 5.82 Å². The molecule has 0 aliphatic heterocycles. The van der Waals surface area contributed by atoms with Crippen molar-refractivity contribution in [3.05, 3.63) is 33.5 Å². The minimum absolute atomic E-state index is 0.231. The summed E-state index contributed by atoms with van der Waals surface area (Å²) in [6.07, 6.45) is 1.98. The summed E-state index contributed by atoms with van der Waals surface area (Å²) in [5, 5.41) is 4.14. The van der Waals surface area contributed by atoms with Crippen LogP contribution in [0.4, 0.5) is 10.2 Å². The Hall–Kier alpha value is -1.16. The highest BCUT2D eigenvalue weighted by Gasteiger charge is 2.13. The average molecular weight is 325 g/mol. The molecule has 0 saturated carbocycles. The number of rotatable bonds is 4. The number of hydrogen-bond acceptors (Lipinski definition) is 2. The Morgan fingerprint density at radius 1 is 1.32 bits per heavy atom. The van der Waals surface area contributed by atoms with Gasteiger partial charge in [-0.3, -0.25) is 0 Å². The van der Waals surface area contributed by atoms with Crippen molar-refractivity contribution in [2.75, 3.05) is 11.9 Å². The molecule has 0 radical (unpaired) electrons. The molecule has 1 N–H and O–H groups in total. The minimum Gasteiger partial charge on any atom is -0.370 e. The fourth-order valence-electron chi connectivity index (χ4n) is 2.25. The number of nitrogens with one attached hydrogen (secondary N) is 1. The van der Waals surface area contributed by atoms with Crippen LogP contribution in [-0.4, -0.2) is 11.5 Å². The molecule has 0 atom stereocenters. The van der Waals surface area contributed by atoms with Crippen LogP contribution in [0.3, 0.4) is 0 Å². The van der Waals surface area contributed by atoms with Gasteiger partial charge >= 0.3 is 0 Å². The molecule has 2 rings (SSSR count). The van der Waals surface area contributed by atoms with E-state index in [1.165, 1.54) is 6.07 Å². The second-order valence-electron chi connectivity index (χ2n) is 4.66. The molecule has 1 heterocycles. The van der Waals surface area contributed by atoms with Crippen molar-refractivity contribution in [3.63, 3.8) is 0 Å². The van der Waals surface area contributed by atoms with E-state index in [9.17, 15) is 4.39 Å². The molecule has 2 aromatic rings. The molecule has 2 nitrogen and oxygen atoms in total. The first-order valence-electron chi connectivity index (χ1n) is 6.60. The normalized spacial score (nSPS) is 11.0. The van der Waals surface area contributed by atoms with E-state index in [1.54, 1.807) is 0 Å². The monoisotopic (exact) mass is 324 g/mol. The van der Waals surface area contributed by atoms with Crippen molar-refractivity contribution >= 4 is 32.7 Å². The molecule has 0 amide bonds. The van der Waals surface area contributed by atoms with Crippen molar-refractivity contribution in [1.82, 2.24) is 4.98 Å². The van der Waals surface area contributed by atoms with Gasteiger partial charge < -0.3 is 5.32 Å². The van der Waals surface area contributed by atoms with Crippen LogP contribution in [0, 0.1) is 12.7 Å². The summed E-state index contributed by atoms with van der Waals surface area (Å²) in [5.41, 5.74) is 2.85. The second kappa shape index (κ2) is 5.87. The molecule has 0 saturated heterocycles. The summed E-state index contributed by atoms with van der Waals surface area (Å²) in [7, 11) is 0. The Balaban J connectivity index is 2.73. The van der Waals surface area contributed by atoms with Gasteiger partial charge in [0.2, 0.25) is 0 Å². The van der Waals surface area contributed by atoms with Crippen LogP contribution in [0.2, 0.25) is 0 Å². The smallest absolute Gasteiger partial charge is 0.138 e. The minimum atomic E-state index is -0.231. The number of pyridine rings is 1. The van der Waals surface area contributed by atoms with Crippen molar-refractivity contribution in [2.45, 2.75) is 33.6 Å². The Morgan fingerprint density at radius 3 is 2.68 bits per heavy atom. The first-order chi connectivity index (χ1) is 9.08. The van der Waals surface area contributed by atoms with Gasteiger partial charge in [0.05, 0.1) is 9.99 Å². The van der Waals surface area contributed by atoms with Crippen LogP contribution in [-0.2, 0) is 6.42 Å². The van der Waals surface area contributed by atoms with E-state index >= 15 is 0 Å². The van der Waals surface area contributed by atoms with Gasteiger partial charge in [0.1, 0.15) is 11.6 Å². The van der Waals surface area contributed by atoms with Gasteiger partial charge in [0.15, 0.2) is 0 Å². The van der Waals surface area contributed by atoms with E-state index < -0.39 is 0 Å². The number of halogens is 2. The molecular weight excluding hydrogens is 307 g/mol. The van der Waals surface area contributed by atoms with Gasteiger partial charge in [0.25, 0.3) is 0 Å². The van der Waals surface area contributed by atoms with Crippen molar-refractivity contribution in [2.24, 2.45) is 0 Å². The van der Waals surface area contributed by atoms with Crippen molar-refractivity contribution in [1.29, 1.82) is 0 Å². The van der Waals surface area contributed by atoms with Crippen LogP contribution in [0.15, 0.2) is 16.6 Å². The zero-order chi connectivity index (χ0) is 14.0. The number of anilines is 1. The number of benzene rings is 1. The summed E-state index contributed by atoms with van der Waals surface area (Å²) >= 11 is 3.33. The lowest BCUT2D eigenvalue weighted by atomic mass is 10.1. The van der Waals surface area contributed by atoms with Gasteiger partial charge in [-0.1, -0.05) is 13.3 Å². The highest BCUT2D eigenvalue weighted by Crippen LogP contribution is 2.31. The molecule has 0 unspecified atom stereocenters. The third-order valence-corrected chi connectivity index (χ3v) is 3.93. The van der Waals surface area contributed by atoms with Crippen LogP contribution in [0.25, 0.3) is 10.9 Å². The van der Waals surface area contributed by atoms with Crippen LogP contribution in [0.1, 0.15) is 31.4 Å². The molecule has 0 aliphatic rings. The van der Waals surface area contributed by atoms with Crippen molar-refractivity contribution in [3.8, 4) is 0 Å². The van der Waals surface area contributed by atoms with Crippen molar-refractivity contribution < 1.29 is 4.39 Å². The van der Waals surface area contributed by atoms with Gasteiger partial charge in [-0.2, -0.15) is 0 Å². The number of nitrogens with zero attached hydrogens (tertiary/aromatic N) is 1. The average Bonchev–Trinajstić information content (AvgIpc) is 2.38. The van der Waals surface area contributed by atoms with Gasteiger partial charge in [-0.25, -0.2) is 9.37 Å². The highest BCUT2D eigenvalue weighted by molar-refractivity contribution is 9.10. The van der Waals surface area contributed by atoms with Gasteiger partial charge in [0, 0.05) is 11.9 Å². The second-order valence-corrected chi connectivity index (χ2v) is 5.45. The quantitative estimate of drug-likeness (QED) is 0.871. The van der Waals surface area contributed by atoms with E-state index in [4.69, 9.17) is 0 Å². The summed E-state index contributed by atoms with van der Waals surface area (Å²) < 4.78 is 14.3. The highest BCUT2D eigenvalue weighted by atomic mass is 79.9. The Labute approximate surface area is 121 Å².